The van der Waals surface area contributed by atoms with E-state index in [4.69, 9.17) is 9.84 Å². The van der Waals surface area contributed by atoms with Gasteiger partial charge in [-0.1, -0.05) is 0 Å². The van der Waals surface area contributed by atoms with Gasteiger partial charge < -0.3 is 9.84 Å². The Morgan fingerprint density at radius 3 is 2.50 bits per heavy atom. The summed E-state index contributed by atoms with van der Waals surface area (Å²) in [5.41, 5.74) is 0.504. The summed E-state index contributed by atoms with van der Waals surface area (Å²) in [6.07, 6.45) is -0.637. The Morgan fingerprint density at radius 1 is 1.36 bits per heavy atom. The number of hydrogen-bond donors (Lipinski definition) is 1. The molecule has 0 saturated carbocycles. The van der Waals surface area contributed by atoms with Crippen LogP contribution in [-0.2, 0) is 0 Å². The molecule has 4 heteroatoms. The summed E-state index contributed by atoms with van der Waals surface area (Å²) in [7, 11) is 0. The molecule has 0 saturated heterocycles. The average Bonchev–Trinajstić information content (AvgIpc) is 2.09. The van der Waals surface area contributed by atoms with Crippen LogP contribution in [0.15, 0.2) is 12.1 Å². The van der Waals surface area contributed by atoms with Gasteiger partial charge in [-0.2, -0.15) is 0 Å². The molecule has 14 heavy (non-hydrogen) atoms. The lowest BCUT2D eigenvalue weighted by Gasteiger charge is -2.10. The zero-order valence-corrected chi connectivity index (χ0v) is 8.05. The smallest absolute Gasteiger partial charge is 0.162 e. The fraction of sp³-hybridized carbons (Fsp3) is 0.400. The first-order valence-corrected chi connectivity index (χ1v) is 4.27. The fourth-order valence-corrected chi connectivity index (χ4v) is 0.994. The van der Waals surface area contributed by atoms with Crippen LogP contribution in [0, 0.1) is 18.6 Å². The van der Waals surface area contributed by atoms with Crippen molar-refractivity contribution in [2.75, 3.05) is 6.61 Å². The Labute approximate surface area is 81.1 Å². The van der Waals surface area contributed by atoms with Gasteiger partial charge in [0.05, 0.1) is 6.10 Å². The van der Waals surface area contributed by atoms with Crippen molar-refractivity contribution in [3.63, 3.8) is 0 Å². The predicted octanol–water partition coefficient (Wildman–Crippen LogP) is 2.03. The number of halogens is 2. The molecule has 1 rings (SSSR count). The van der Waals surface area contributed by atoms with E-state index < -0.39 is 17.7 Å². The lowest BCUT2D eigenvalue weighted by atomic mass is 10.2. The van der Waals surface area contributed by atoms with Crippen molar-refractivity contribution >= 4 is 0 Å². The largest absolute Gasteiger partial charge is 0.491 e. The Bertz CT molecular complexity index is 324. The van der Waals surface area contributed by atoms with Crippen molar-refractivity contribution in [1.82, 2.24) is 0 Å². The van der Waals surface area contributed by atoms with Gasteiger partial charge in [0.25, 0.3) is 0 Å². The molecule has 0 aliphatic heterocycles. The predicted molar refractivity (Wildman–Crippen MR) is 48.3 cm³/mol. The molecule has 2 nitrogen and oxygen atoms in total. The molecule has 1 atom stereocenters. The molecular weight excluding hydrogens is 190 g/mol. The third-order valence-corrected chi connectivity index (χ3v) is 1.70. The maximum Gasteiger partial charge on any atom is 0.162 e. The minimum absolute atomic E-state index is 0.0614. The highest BCUT2D eigenvalue weighted by Gasteiger charge is 2.08. The van der Waals surface area contributed by atoms with Crippen LogP contribution < -0.4 is 4.74 Å². The Morgan fingerprint density at radius 2 is 1.93 bits per heavy atom. The number of benzene rings is 1. The number of ether oxygens (including phenoxy) is 1. The highest BCUT2D eigenvalue weighted by Crippen LogP contribution is 2.21. The minimum Gasteiger partial charge on any atom is -0.491 e. The first kappa shape index (κ1) is 10.9. The van der Waals surface area contributed by atoms with E-state index in [2.05, 4.69) is 0 Å². The number of hydrogen-bond acceptors (Lipinski definition) is 2. The fourth-order valence-electron chi connectivity index (χ4n) is 0.994. The Hall–Kier alpha value is -1.16. The molecule has 0 radical (unpaired) electrons. The first-order chi connectivity index (χ1) is 6.50. The zero-order valence-electron chi connectivity index (χ0n) is 8.05. The van der Waals surface area contributed by atoms with E-state index >= 15 is 0 Å². The van der Waals surface area contributed by atoms with Gasteiger partial charge in [-0.25, -0.2) is 8.78 Å². The second kappa shape index (κ2) is 4.37. The lowest BCUT2D eigenvalue weighted by Crippen LogP contribution is -2.13. The van der Waals surface area contributed by atoms with Crippen LogP contribution in [-0.4, -0.2) is 17.8 Å². The number of aliphatic hydroxyl groups is 1. The quantitative estimate of drug-likeness (QED) is 0.812. The summed E-state index contributed by atoms with van der Waals surface area (Å²) in [6.45, 7) is 3.22. The molecule has 0 aliphatic carbocycles. The van der Waals surface area contributed by atoms with E-state index in [0.29, 0.717) is 5.56 Å². The number of aryl methyl sites for hydroxylation is 1. The number of rotatable bonds is 3. The standard InChI is InChI=1S/C10H12F2O2/c1-6-3-8(11)9(12)4-10(6)14-5-7(2)13/h3-4,7,13H,5H2,1-2H3. The molecule has 0 aromatic heterocycles. The highest BCUT2D eigenvalue weighted by molar-refractivity contribution is 5.33. The maximum absolute atomic E-state index is 12.8. The van der Waals surface area contributed by atoms with Gasteiger partial charge in [0.2, 0.25) is 0 Å². The van der Waals surface area contributed by atoms with Gasteiger partial charge in [-0.05, 0) is 25.5 Å². The summed E-state index contributed by atoms with van der Waals surface area (Å²) in [6, 6.07) is 2.04. The minimum atomic E-state index is -0.948. The summed E-state index contributed by atoms with van der Waals surface area (Å²) in [5.74, 6) is -1.59. The van der Waals surface area contributed by atoms with Gasteiger partial charge in [0.15, 0.2) is 11.6 Å². The lowest BCUT2D eigenvalue weighted by molar-refractivity contribution is 0.122. The van der Waals surface area contributed by atoms with E-state index in [-0.39, 0.29) is 12.4 Å². The van der Waals surface area contributed by atoms with E-state index in [1.807, 2.05) is 0 Å². The summed E-state index contributed by atoms with van der Waals surface area (Å²) in [5, 5.41) is 8.94. The third-order valence-electron chi connectivity index (χ3n) is 1.70. The van der Waals surface area contributed by atoms with Crippen molar-refractivity contribution in [1.29, 1.82) is 0 Å². The van der Waals surface area contributed by atoms with E-state index in [9.17, 15) is 8.78 Å². The molecule has 78 valence electrons. The molecule has 1 N–H and O–H groups in total. The van der Waals surface area contributed by atoms with Crippen molar-refractivity contribution in [3.05, 3.63) is 29.3 Å². The van der Waals surface area contributed by atoms with Crippen LogP contribution >= 0.6 is 0 Å². The van der Waals surface area contributed by atoms with Crippen molar-refractivity contribution in [2.24, 2.45) is 0 Å². The van der Waals surface area contributed by atoms with Gasteiger partial charge >= 0.3 is 0 Å². The van der Waals surface area contributed by atoms with Crippen LogP contribution in [0.3, 0.4) is 0 Å². The van der Waals surface area contributed by atoms with Crippen molar-refractivity contribution < 1.29 is 18.6 Å². The molecule has 0 aliphatic rings. The number of aliphatic hydroxyl groups excluding tert-OH is 1. The topological polar surface area (TPSA) is 29.5 Å². The van der Waals surface area contributed by atoms with Crippen LogP contribution in [0.5, 0.6) is 5.75 Å². The van der Waals surface area contributed by atoms with Crippen molar-refractivity contribution in [3.8, 4) is 5.75 Å². The van der Waals surface area contributed by atoms with Gasteiger partial charge in [0, 0.05) is 6.07 Å². The Kier molecular flexibility index (Phi) is 3.41. The zero-order chi connectivity index (χ0) is 10.7. The van der Waals surface area contributed by atoms with E-state index in [0.717, 1.165) is 12.1 Å². The Balaban J connectivity index is 2.82. The van der Waals surface area contributed by atoms with Crippen LogP contribution in [0.4, 0.5) is 8.78 Å². The second-order valence-electron chi connectivity index (χ2n) is 3.19. The second-order valence-corrected chi connectivity index (χ2v) is 3.19. The van der Waals surface area contributed by atoms with Crippen molar-refractivity contribution in [2.45, 2.75) is 20.0 Å². The first-order valence-electron chi connectivity index (χ1n) is 4.27. The monoisotopic (exact) mass is 202 g/mol. The average molecular weight is 202 g/mol. The molecular formula is C10H12F2O2. The summed E-state index contributed by atoms with van der Waals surface area (Å²) >= 11 is 0. The van der Waals surface area contributed by atoms with Gasteiger partial charge in [0.1, 0.15) is 12.4 Å². The molecule has 0 heterocycles. The highest BCUT2D eigenvalue weighted by atomic mass is 19.2. The van der Waals surface area contributed by atoms with E-state index in [1.54, 1.807) is 13.8 Å². The molecule has 0 spiro atoms. The molecule has 0 amide bonds. The maximum atomic E-state index is 12.8. The van der Waals surface area contributed by atoms with Crippen LogP contribution in [0.2, 0.25) is 0 Å². The molecule has 1 aromatic rings. The summed E-state index contributed by atoms with van der Waals surface area (Å²) in [4.78, 5) is 0. The van der Waals surface area contributed by atoms with Gasteiger partial charge in [-0.3, -0.25) is 0 Å². The molecule has 0 bridgehead atoms. The molecule has 0 fully saturated rings. The molecule has 1 aromatic carbocycles. The van der Waals surface area contributed by atoms with Crippen LogP contribution in [0.1, 0.15) is 12.5 Å². The van der Waals surface area contributed by atoms with Gasteiger partial charge in [-0.15, -0.1) is 0 Å². The third kappa shape index (κ3) is 2.67. The van der Waals surface area contributed by atoms with Crippen LogP contribution in [0.25, 0.3) is 0 Å². The SMILES string of the molecule is Cc1cc(F)c(F)cc1OCC(C)O. The van der Waals surface area contributed by atoms with E-state index in [1.165, 1.54) is 0 Å². The molecule has 1 unspecified atom stereocenters. The summed E-state index contributed by atoms with van der Waals surface area (Å²) < 4.78 is 30.5. The normalized spacial score (nSPS) is 12.6.